The van der Waals surface area contributed by atoms with Gasteiger partial charge in [-0.3, -0.25) is 4.79 Å². The molecule has 0 saturated carbocycles. The Morgan fingerprint density at radius 1 is 1.00 bits per heavy atom. The highest BCUT2D eigenvalue weighted by Crippen LogP contribution is 2.34. The first-order chi connectivity index (χ1) is 13.2. The third-order valence-corrected chi connectivity index (χ3v) is 5.45. The summed E-state index contributed by atoms with van der Waals surface area (Å²) in [7, 11) is 0. The van der Waals surface area contributed by atoms with E-state index in [-0.39, 0.29) is 11.6 Å². The number of hydrogen-bond donors (Lipinski definition) is 0. The highest BCUT2D eigenvalue weighted by atomic mass is 32.2. The Labute approximate surface area is 161 Å². The average molecular weight is 376 g/mol. The van der Waals surface area contributed by atoms with E-state index in [1.54, 1.807) is 17.8 Å². The lowest BCUT2D eigenvalue weighted by Gasteiger charge is -2.17. The van der Waals surface area contributed by atoms with Gasteiger partial charge in [0.2, 0.25) is 0 Å². The molecule has 0 amide bonds. The van der Waals surface area contributed by atoms with Crippen LogP contribution in [0.15, 0.2) is 83.3 Å². The molecule has 3 aromatic carbocycles. The van der Waals surface area contributed by atoms with E-state index in [2.05, 4.69) is 0 Å². The summed E-state index contributed by atoms with van der Waals surface area (Å²) in [5.41, 5.74) is 3.15. The molecular formula is C23H17FO2S. The fourth-order valence-electron chi connectivity index (χ4n) is 2.91. The second kappa shape index (κ2) is 7.80. The number of thioether (sulfide) groups is 1. The van der Waals surface area contributed by atoms with Crippen LogP contribution in [0, 0.1) is 5.82 Å². The number of fused-ring (bicyclic) bond motifs is 1. The number of hydrogen-bond acceptors (Lipinski definition) is 3. The van der Waals surface area contributed by atoms with Crippen molar-refractivity contribution in [2.75, 3.05) is 5.75 Å². The maximum Gasteiger partial charge on any atom is 0.191 e. The van der Waals surface area contributed by atoms with Gasteiger partial charge < -0.3 is 4.74 Å². The number of carbonyl (C=O) groups excluding carboxylic acids is 1. The number of halogens is 1. The van der Waals surface area contributed by atoms with Crippen molar-refractivity contribution in [3.8, 4) is 5.75 Å². The van der Waals surface area contributed by atoms with E-state index < -0.39 is 0 Å². The zero-order valence-electron chi connectivity index (χ0n) is 14.5. The summed E-state index contributed by atoms with van der Waals surface area (Å²) in [4.78, 5) is 13.5. The van der Waals surface area contributed by atoms with E-state index in [9.17, 15) is 9.18 Å². The van der Waals surface area contributed by atoms with Gasteiger partial charge in [-0.1, -0.05) is 42.5 Å². The van der Waals surface area contributed by atoms with Crippen LogP contribution in [-0.4, -0.2) is 11.5 Å². The largest absolute Gasteiger partial charge is 0.489 e. The topological polar surface area (TPSA) is 26.3 Å². The number of carbonyl (C=O) groups is 1. The lowest BCUT2D eigenvalue weighted by molar-refractivity contribution is 0.103. The van der Waals surface area contributed by atoms with Crippen molar-refractivity contribution >= 4 is 23.6 Å². The Kier molecular flexibility index (Phi) is 5.07. The van der Waals surface area contributed by atoms with Crippen molar-refractivity contribution in [2.24, 2.45) is 0 Å². The lowest BCUT2D eigenvalue weighted by Crippen LogP contribution is -2.12. The van der Waals surface area contributed by atoms with Gasteiger partial charge in [-0.25, -0.2) is 4.39 Å². The number of ketones is 1. The molecule has 0 radical (unpaired) electrons. The van der Waals surface area contributed by atoms with E-state index in [4.69, 9.17) is 4.74 Å². The van der Waals surface area contributed by atoms with Gasteiger partial charge in [0.05, 0.1) is 0 Å². The molecule has 0 unspecified atom stereocenters. The molecule has 134 valence electrons. The summed E-state index contributed by atoms with van der Waals surface area (Å²) in [6, 6.07) is 22.0. The van der Waals surface area contributed by atoms with Crippen LogP contribution in [0.4, 0.5) is 4.39 Å². The molecule has 1 aliphatic rings. The molecule has 0 fully saturated rings. The third-order valence-electron chi connectivity index (χ3n) is 4.33. The molecule has 1 heterocycles. The fourth-order valence-corrected chi connectivity index (χ4v) is 3.91. The van der Waals surface area contributed by atoms with E-state index in [1.165, 1.54) is 12.1 Å². The zero-order valence-corrected chi connectivity index (χ0v) is 15.3. The molecule has 0 aliphatic carbocycles. The van der Waals surface area contributed by atoms with E-state index in [0.717, 1.165) is 21.8 Å². The third kappa shape index (κ3) is 4.12. The Balaban J connectivity index is 1.47. The first-order valence-electron chi connectivity index (χ1n) is 8.63. The monoisotopic (exact) mass is 376 g/mol. The summed E-state index contributed by atoms with van der Waals surface area (Å²) in [5, 5.41) is 0. The minimum atomic E-state index is -0.385. The first-order valence-corrected chi connectivity index (χ1v) is 9.62. The standard InChI is InChI=1S/C23H17FO2S/c24-19-8-11-22-21(13-19)23(25)18(15-27-22)12-16-6-9-20(10-7-16)26-14-17-4-2-1-3-5-17/h1-13H,14-15H2/b18-12+. The minimum absolute atomic E-state index is 0.104. The summed E-state index contributed by atoms with van der Waals surface area (Å²) in [5.74, 6) is 0.873. The second-order valence-electron chi connectivity index (χ2n) is 6.27. The molecule has 3 aromatic rings. The van der Waals surface area contributed by atoms with Crippen LogP contribution < -0.4 is 4.74 Å². The maximum absolute atomic E-state index is 13.5. The summed E-state index contributed by atoms with van der Waals surface area (Å²) >= 11 is 1.56. The predicted octanol–water partition coefficient (Wildman–Crippen LogP) is 5.78. The van der Waals surface area contributed by atoms with Crippen LogP contribution in [0.25, 0.3) is 6.08 Å². The van der Waals surface area contributed by atoms with Gasteiger partial charge in [0.15, 0.2) is 5.78 Å². The molecule has 4 heteroatoms. The van der Waals surface area contributed by atoms with Crippen molar-refractivity contribution < 1.29 is 13.9 Å². The highest BCUT2D eigenvalue weighted by molar-refractivity contribution is 7.99. The van der Waals surface area contributed by atoms with Gasteiger partial charge in [-0.15, -0.1) is 11.8 Å². The molecule has 0 saturated heterocycles. The average Bonchev–Trinajstić information content (AvgIpc) is 2.71. The predicted molar refractivity (Wildman–Crippen MR) is 107 cm³/mol. The van der Waals surface area contributed by atoms with Crippen LogP contribution in [0.2, 0.25) is 0 Å². The second-order valence-corrected chi connectivity index (χ2v) is 7.29. The lowest BCUT2D eigenvalue weighted by atomic mass is 10.0. The Morgan fingerprint density at radius 2 is 1.78 bits per heavy atom. The molecule has 0 bridgehead atoms. The molecular weight excluding hydrogens is 359 g/mol. The van der Waals surface area contributed by atoms with Gasteiger partial charge in [-0.2, -0.15) is 0 Å². The van der Waals surface area contributed by atoms with Crippen molar-refractivity contribution in [1.82, 2.24) is 0 Å². The smallest absolute Gasteiger partial charge is 0.191 e. The molecule has 27 heavy (non-hydrogen) atoms. The first kappa shape index (κ1) is 17.6. The Morgan fingerprint density at radius 3 is 2.56 bits per heavy atom. The molecule has 0 N–H and O–H groups in total. The Bertz CT molecular complexity index is 995. The van der Waals surface area contributed by atoms with Crippen LogP contribution in [0.5, 0.6) is 5.75 Å². The van der Waals surface area contributed by atoms with Crippen molar-refractivity contribution in [3.63, 3.8) is 0 Å². The minimum Gasteiger partial charge on any atom is -0.489 e. The number of Topliss-reactive ketones (excluding diaryl/α,β-unsaturated/α-hetero) is 1. The number of benzene rings is 3. The van der Waals surface area contributed by atoms with Gasteiger partial charge in [-0.05, 0) is 47.5 Å². The van der Waals surface area contributed by atoms with Gasteiger partial charge in [0.25, 0.3) is 0 Å². The van der Waals surface area contributed by atoms with Crippen LogP contribution in [0.3, 0.4) is 0 Å². The highest BCUT2D eigenvalue weighted by Gasteiger charge is 2.22. The number of ether oxygens (including phenoxy) is 1. The molecule has 0 spiro atoms. The van der Waals surface area contributed by atoms with E-state index in [1.807, 2.05) is 60.7 Å². The van der Waals surface area contributed by atoms with Gasteiger partial charge in [0.1, 0.15) is 18.2 Å². The SMILES string of the molecule is O=C1/C(=C/c2ccc(OCc3ccccc3)cc2)CSc2ccc(F)cc21. The molecule has 1 aliphatic heterocycles. The summed E-state index contributed by atoms with van der Waals surface area (Å²) in [6.45, 7) is 0.513. The number of rotatable bonds is 4. The Hall–Kier alpha value is -2.85. The van der Waals surface area contributed by atoms with E-state index >= 15 is 0 Å². The summed E-state index contributed by atoms with van der Waals surface area (Å²) < 4.78 is 19.3. The summed E-state index contributed by atoms with van der Waals surface area (Å²) in [6.07, 6.45) is 1.87. The van der Waals surface area contributed by atoms with Crippen molar-refractivity contribution in [2.45, 2.75) is 11.5 Å². The van der Waals surface area contributed by atoms with Crippen LogP contribution in [-0.2, 0) is 6.61 Å². The maximum atomic E-state index is 13.5. The molecule has 0 atom stereocenters. The van der Waals surface area contributed by atoms with Crippen molar-refractivity contribution in [1.29, 1.82) is 0 Å². The van der Waals surface area contributed by atoms with Crippen LogP contribution >= 0.6 is 11.8 Å². The van der Waals surface area contributed by atoms with Gasteiger partial charge >= 0.3 is 0 Å². The molecule has 0 aromatic heterocycles. The van der Waals surface area contributed by atoms with Crippen molar-refractivity contribution in [3.05, 3.63) is 101 Å². The zero-order chi connectivity index (χ0) is 18.6. The van der Waals surface area contributed by atoms with Crippen LogP contribution in [0.1, 0.15) is 21.5 Å². The molecule has 4 rings (SSSR count). The normalized spacial score (nSPS) is 14.9. The van der Waals surface area contributed by atoms with Gasteiger partial charge in [0, 0.05) is 21.8 Å². The molecule has 2 nitrogen and oxygen atoms in total. The van der Waals surface area contributed by atoms with E-state index in [0.29, 0.717) is 23.5 Å². The fraction of sp³-hybridized carbons (Fsp3) is 0.0870. The quantitative estimate of drug-likeness (QED) is 0.540.